The van der Waals surface area contributed by atoms with E-state index in [1.54, 1.807) is 0 Å². The molecule has 1 amide bonds. The summed E-state index contributed by atoms with van der Waals surface area (Å²) in [5, 5.41) is 11.3. The van der Waals surface area contributed by atoms with E-state index in [0.29, 0.717) is 0 Å². The summed E-state index contributed by atoms with van der Waals surface area (Å²) in [7, 11) is 0. The number of nitrogens with zero attached hydrogens (tertiary/aromatic N) is 3. The molecular formula is C14H18N4O. The van der Waals surface area contributed by atoms with Crippen molar-refractivity contribution < 1.29 is 4.79 Å². The Morgan fingerprint density at radius 2 is 2.16 bits per heavy atom. The van der Waals surface area contributed by atoms with Gasteiger partial charge in [0.25, 0.3) is 0 Å². The maximum atomic E-state index is 12.1. The van der Waals surface area contributed by atoms with E-state index >= 15 is 0 Å². The Hall–Kier alpha value is -1.91. The highest BCUT2D eigenvalue weighted by molar-refractivity contribution is 5.79. The van der Waals surface area contributed by atoms with Crippen molar-refractivity contribution in [1.29, 1.82) is 0 Å². The van der Waals surface area contributed by atoms with Crippen LogP contribution in [0.1, 0.15) is 44.5 Å². The van der Waals surface area contributed by atoms with Crippen molar-refractivity contribution >= 4 is 11.6 Å². The van der Waals surface area contributed by atoms with E-state index < -0.39 is 0 Å². The highest BCUT2D eigenvalue weighted by atomic mass is 16.1. The number of carbonyl (C=O) groups excluding carboxylic acids is 1. The molecule has 2 aromatic heterocycles. The third-order valence-corrected chi connectivity index (χ3v) is 3.81. The van der Waals surface area contributed by atoms with Crippen LogP contribution in [-0.2, 0) is 4.79 Å². The first kappa shape index (κ1) is 12.1. The van der Waals surface area contributed by atoms with Crippen molar-refractivity contribution in [1.82, 2.24) is 19.9 Å². The molecule has 1 aliphatic rings. The van der Waals surface area contributed by atoms with Crippen molar-refractivity contribution in [2.75, 3.05) is 0 Å². The molecule has 0 aliphatic heterocycles. The van der Waals surface area contributed by atoms with E-state index in [-0.39, 0.29) is 17.9 Å². The van der Waals surface area contributed by atoms with Crippen LogP contribution in [0.2, 0.25) is 0 Å². The summed E-state index contributed by atoms with van der Waals surface area (Å²) in [5.41, 5.74) is 0.805. The molecule has 2 heterocycles. The first-order valence-electron chi connectivity index (χ1n) is 6.86. The molecule has 0 saturated heterocycles. The van der Waals surface area contributed by atoms with Crippen LogP contribution in [0.15, 0.2) is 24.4 Å². The van der Waals surface area contributed by atoms with Crippen molar-refractivity contribution in [3.63, 3.8) is 0 Å². The Balaban J connectivity index is 1.76. The summed E-state index contributed by atoms with van der Waals surface area (Å²) in [4.78, 5) is 12.1. The summed E-state index contributed by atoms with van der Waals surface area (Å²) >= 11 is 0. The van der Waals surface area contributed by atoms with Gasteiger partial charge in [0.2, 0.25) is 5.91 Å². The average Bonchev–Trinajstić information content (AvgIpc) is 3.08. The number of pyridine rings is 1. The number of nitrogens with one attached hydrogen (secondary N) is 1. The highest BCUT2D eigenvalue weighted by Crippen LogP contribution is 2.25. The third-order valence-electron chi connectivity index (χ3n) is 3.81. The molecule has 0 unspecified atom stereocenters. The second kappa shape index (κ2) is 4.99. The van der Waals surface area contributed by atoms with Gasteiger partial charge < -0.3 is 5.32 Å². The van der Waals surface area contributed by atoms with Gasteiger partial charge in [0, 0.05) is 12.1 Å². The highest BCUT2D eigenvalue weighted by Gasteiger charge is 2.25. The lowest BCUT2D eigenvalue weighted by Crippen LogP contribution is -2.32. The predicted octanol–water partition coefficient (Wildman–Crippen LogP) is 2.10. The Labute approximate surface area is 112 Å². The molecule has 5 nitrogen and oxygen atoms in total. The van der Waals surface area contributed by atoms with Gasteiger partial charge in [0.05, 0.1) is 6.04 Å². The first-order valence-corrected chi connectivity index (χ1v) is 6.86. The van der Waals surface area contributed by atoms with Gasteiger partial charge in [-0.1, -0.05) is 18.9 Å². The lowest BCUT2D eigenvalue weighted by molar-refractivity contribution is -0.125. The zero-order valence-corrected chi connectivity index (χ0v) is 11.0. The molecule has 0 radical (unpaired) electrons. The fourth-order valence-corrected chi connectivity index (χ4v) is 2.74. The topological polar surface area (TPSA) is 59.3 Å². The van der Waals surface area contributed by atoms with Crippen LogP contribution in [0.4, 0.5) is 0 Å². The van der Waals surface area contributed by atoms with E-state index in [1.165, 1.54) is 12.8 Å². The van der Waals surface area contributed by atoms with Crippen LogP contribution >= 0.6 is 0 Å². The number of hydrogen-bond donors (Lipinski definition) is 1. The fourth-order valence-electron chi connectivity index (χ4n) is 2.74. The zero-order chi connectivity index (χ0) is 13.2. The molecule has 3 rings (SSSR count). The standard InChI is InChI=1S/C14H18N4O/c1-10(15-14(19)11-6-2-3-7-11)13-17-16-12-8-4-5-9-18(12)13/h4-5,8-11H,2-3,6-7H2,1H3,(H,15,19)/t10-/m0/s1. The van der Waals surface area contributed by atoms with Crippen LogP contribution in [0.3, 0.4) is 0 Å². The first-order chi connectivity index (χ1) is 9.25. The van der Waals surface area contributed by atoms with Gasteiger partial charge in [0.1, 0.15) is 0 Å². The number of hydrogen-bond acceptors (Lipinski definition) is 3. The molecule has 0 spiro atoms. The van der Waals surface area contributed by atoms with E-state index in [2.05, 4.69) is 15.5 Å². The van der Waals surface area contributed by atoms with Gasteiger partial charge in [-0.15, -0.1) is 10.2 Å². The molecule has 100 valence electrons. The average molecular weight is 258 g/mol. The van der Waals surface area contributed by atoms with E-state index in [1.807, 2.05) is 35.7 Å². The zero-order valence-electron chi connectivity index (χ0n) is 11.0. The Bertz CT molecular complexity index is 586. The molecule has 1 fully saturated rings. The molecule has 1 atom stereocenters. The van der Waals surface area contributed by atoms with Gasteiger partial charge >= 0.3 is 0 Å². The Kier molecular flexibility index (Phi) is 3.19. The molecular weight excluding hydrogens is 240 g/mol. The second-order valence-corrected chi connectivity index (χ2v) is 5.20. The smallest absolute Gasteiger partial charge is 0.223 e. The van der Waals surface area contributed by atoms with Crippen molar-refractivity contribution in [2.45, 2.75) is 38.6 Å². The molecule has 0 bridgehead atoms. The van der Waals surface area contributed by atoms with E-state index in [4.69, 9.17) is 0 Å². The van der Waals surface area contributed by atoms with Crippen molar-refractivity contribution in [2.24, 2.45) is 5.92 Å². The Morgan fingerprint density at radius 1 is 1.37 bits per heavy atom. The lowest BCUT2D eigenvalue weighted by atomic mass is 10.1. The number of carbonyl (C=O) groups is 1. The summed E-state index contributed by atoms with van der Waals surface area (Å²) in [5.74, 6) is 1.11. The van der Waals surface area contributed by atoms with Crippen LogP contribution in [0.25, 0.3) is 5.65 Å². The summed E-state index contributed by atoms with van der Waals surface area (Å²) in [6, 6.07) is 5.65. The fraction of sp³-hybridized carbons (Fsp3) is 0.500. The van der Waals surface area contributed by atoms with Gasteiger partial charge in [-0.2, -0.15) is 0 Å². The lowest BCUT2D eigenvalue weighted by Gasteiger charge is -2.15. The normalized spacial score (nSPS) is 17.7. The van der Waals surface area contributed by atoms with Crippen LogP contribution in [-0.4, -0.2) is 20.5 Å². The third kappa shape index (κ3) is 2.32. The molecule has 1 aliphatic carbocycles. The minimum Gasteiger partial charge on any atom is -0.346 e. The van der Waals surface area contributed by atoms with Crippen LogP contribution in [0.5, 0.6) is 0 Å². The molecule has 0 aromatic carbocycles. The molecule has 1 saturated carbocycles. The number of fused-ring (bicyclic) bond motifs is 1. The number of rotatable bonds is 3. The number of amides is 1. The molecule has 5 heteroatoms. The van der Waals surface area contributed by atoms with Crippen LogP contribution < -0.4 is 5.32 Å². The molecule has 2 aromatic rings. The SMILES string of the molecule is C[C@H](NC(=O)C1CCCC1)c1nnc2ccccn12. The Morgan fingerprint density at radius 3 is 2.95 bits per heavy atom. The van der Waals surface area contributed by atoms with E-state index in [9.17, 15) is 4.79 Å². The summed E-state index contributed by atoms with van der Waals surface area (Å²) in [6.07, 6.45) is 6.28. The van der Waals surface area contributed by atoms with Gasteiger partial charge in [-0.25, -0.2) is 0 Å². The largest absolute Gasteiger partial charge is 0.346 e. The number of aromatic nitrogens is 3. The molecule has 19 heavy (non-hydrogen) atoms. The second-order valence-electron chi connectivity index (χ2n) is 5.20. The van der Waals surface area contributed by atoms with Crippen molar-refractivity contribution in [3.05, 3.63) is 30.2 Å². The van der Waals surface area contributed by atoms with Gasteiger partial charge in [0.15, 0.2) is 11.5 Å². The minimum absolute atomic E-state index is 0.120. The summed E-state index contributed by atoms with van der Waals surface area (Å²) in [6.45, 7) is 1.95. The maximum Gasteiger partial charge on any atom is 0.223 e. The monoisotopic (exact) mass is 258 g/mol. The quantitative estimate of drug-likeness (QED) is 0.917. The van der Waals surface area contributed by atoms with Crippen LogP contribution in [0, 0.1) is 5.92 Å². The van der Waals surface area contributed by atoms with Crippen molar-refractivity contribution in [3.8, 4) is 0 Å². The van der Waals surface area contributed by atoms with E-state index in [0.717, 1.165) is 24.3 Å². The minimum atomic E-state index is -0.120. The molecule has 1 N–H and O–H groups in total. The summed E-state index contributed by atoms with van der Waals surface area (Å²) < 4.78 is 1.92. The van der Waals surface area contributed by atoms with Gasteiger partial charge in [-0.3, -0.25) is 9.20 Å². The van der Waals surface area contributed by atoms with Gasteiger partial charge in [-0.05, 0) is 31.9 Å². The maximum absolute atomic E-state index is 12.1. The predicted molar refractivity (Wildman–Crippen MR) is 71.5 cm³/mol.